The fourth-order valence-electron chi connectivity index (χ4n) is 3.93. The van der Waals surface area contributed by atoms with E-state index in [-0.39, 0.29) is 24.9 Å². The van der Waals surface area contributed by atoms with Crippen LogP contribution in [0.1, 0.15) is 22.5 Å². The number of amides is 1. The van der Waals surface area contributed by atoms with E-state index in [1.54, 1.807) is 23.9 Å². The molecule has 7 nitrogen and oxygen atoms in total. The normalized spacial score (nSPS) is 12.1. The van der Waals surface area contributed by atoms with Gasteiger partial charge in [0.25, 0.3) is 0 Å². The zero-order valence-electron chi connectivity index (χ0n) is 19.7. The van der Waals surface area contributed by atoms with Crippen LogP contribution in [-0.4, -0.2) is 34.0 Å². The number of carbonyl (C=O) groups excluding carboxylic acids is 1. The number of benzene rings is 3. The van der Waals surface area contributed by atoms with Crippen molar-refractivity contribution in [2.45, 2.75) is 30.7 Å². The van der Waals surface area contributed by atoms with E-state index in [4.69, 9.17) is 9.47 Å². The summed E-state index contributed by atoms with van der Waals surface area (Å²) in [6.07, 6.45) is 0.709. The van der Waals surface area contributed by atoms with Gasteiger partial charge in [0.1, 0.15) is 11.6 Å². The molecule has 9 heteroatoms. The molecule has 0 saturated heterocycles. The number of hydrogen-bond acceptors (Lipinski definition) is 6. The second-order valence-corrected chi connectivity index (χ2v) is 9.33. The van der Waals surface area contributed by atoms with Gasteiger partial charge in [-0.25, -0.2) is 4.39 Å². The molecule has 0 saturated carbocycles. The second kappa shape index (κ2) is 10.8. The minimum Gasteiger partial charge on any atom is -0.454 e. The number of carbonyl (C=O) groups is 1. The second-order valence-electron chi connectivity index (χ2n) is 8.39. The average molecular weight is 505 g/mol. The number of nitrogens with one attached hydrogen (secondary N) is 1. The molecule has 0 unspecified atom stereocenters. The first kappa shape index (κ1) is 23.9. The van der Waals surface area contributed by atoms with Crippen LogP contribution in [0.4, 0.5) is 4.39 Å². The maximum absolute atomic E-state index is 13.6. The van der Waals surface area contributed by atoms with Gasteiger partial charge in [0, 0.05) is 24.4 Å². The van der Waals surface area contributed by atoms with Crippen molar-refractivity contribution in [1.82, 2.24) is 20.1 Å². The minimum atomic E-state index is -0.307. The monoisotopic (exact) mass is 504 g/mol. The number of hydrogen-bond donors (Lipinski definition) is 1. The number of nitrogens with zero attached hydrogens (tertiary/aromatic N) is 3. The Morgan fingerprint density at radius 3 is 2.69 bits per heavy atom. The van der Waals surface area contributed by atoms with Crippen LogP contribution < -0.4 is 14.8 Å². The van der Waals surface area contributed by atoms with Gasteiger partial charge in [-0.3, -0.25) is 9.36 Å². The molecule has 1 amide bonds. The molecule has 1 aliphatic rings. The Hall–Kier alpha value is -3.85. The molecule has 36 heavy (non-hydrogen) atoms. The third-order valence-corrected chi connectivity index (χ3v) is 6.85. The van der Waals surface area contributed by atoms with Gasteiger partial charge in [0.15, 0.2) is 16.7 Å². The van der Waals surface area contributed by atoms with Crippen molar-refractivity contribution in [3.8, 4) is 17.2 Å². The van der Waals surface area contributed by atoms with Gasteiger partial charge in [0.2, 0.25) is 12.7 Å². The fourth-order valence-corrected chi connectivity index (χ4v) is 4.98. The van der Waals surface area contributed by atoms with Gasteiger partial charge in [-0.15, -0.1) is 10.2 Å². The summed E-state index contributed by atoms with van der Waals surface area (Å²) in [6.45, 7) is 2.68. The van der Waals surface area contributed by atoms with Crippen LogP contribution in [0.2, 0.25) is 0 Å². The smallest absolute Gasteiger partial charge is 0.231 e. The van der Waals surface area contributed by atoms with Gasteiger partial charge in [-0.05, 0) is 60.0 Å². The molecule has 184 valence electrons. The molecule has 0 aliphatic carbocycles. The molecular formula is C27H25FN4O3S. The highest BCUT2D eigenvalue weighted by atomic mass is 32.2. The van der Waals surface area contributed by atoms with Crippen molar-refractivity contribution >= 4 is 17.7 Å². The van der Waals surface area contributed by atoms with E-state index >= 15 is 0 Å². The summed E-state index contributed by atoms with van der Waals surface area (Å²) in [5.41, 5.74) is 4.05. The molecule has 0 spiro atoms. The Labute approximate surface area is 212 Å². The Balaban J connectivity index is 1.26. The lowest BCUT2D eigenvalue weighted by molar-refractivity contribution is -0.120. The van der Waals surface area contributed by atoms with Crippen molar-refractivity contribution < 1.29 is 18.7 Å². The topological polar surface area (TPSA) is 78.3 Å². The highest BCUT2D eigenvalue weighted by Gasteiger charge is 2.17. The molecule has 5 rings (SSSR count). The van der Waals surface area contributed by atoms with Crippen LogP contribution in [0, 0.1) is 12.7 Å². The molecule has 0 radical (unpaired) electrons. The third-order valence-electron chi connectivity index (χ3n) is 5.88. The van der Waals surface area contributed by atoms with Crippen molar-refractivity contribution in [2.24, 2.45) is 0 Å². The highest BCUT2D eigenvalue weighted by Crippen LogP contribution is 2.32. The van der Waals surface area contributed by atoms with E-state index < -0.39 is 0 Å². The Morgan fingerprint density at radius 2 is 1.86 bits per heavy atom. The predicted molar refractivity (Wildman–Crippen MR) is 135 cm³/mol. The minimum absolute atomic E-state index is 0.101. The molecule has 0 fully saturated rings. The number of aromatic nitrogens is 3. The van der Waals surface area contributed by atoms with E-state index in [0.29, 0.717) is 35.4 Å². The lowest BCUT2D eigenvalue weighted by Crippen LogP contribution is -2.27. The van der Waals surface area contributed by atoms with E-state index in [1.165, 1.54) is 23.3 Å². The first-order valence-electron chi connectivity index (χ1n) is 11.6. The molecule has 0 bridgehead atoms. The van der Waals surface area contributed by atoms with Gasteiger partial charge in [-0.1, -0.05) is 42.1 Å². The molecule has 2 heterocycles. The number of thioether (sulfide) groups is 1. The van der Waals surface area contributed by atoms with Crippen molar-refractivity contribution in [3.63, 3.8) is 0 Å². The maximum Gasteiger partial charge on any atom is 0.231 e. The lowest BCUT2D eigenvalue weighted by Gasteiger charge is -2.11. The first-order valence-corrected chi connectivity index (χ1v) is 12.6. The summed E-state index contributed by atoms with van der Waals surface area (Å²) in [4.78, 5) is 12.5. The Bertz CT molecular complexity index is 1370. The summed E-state index contributed by atoms with van der Waals surface area (Å²) >= 11 is 1.57. The Morgan fingerprint density at radius 1 is 1.06 bits per heavy atom. The SMILES string of the molecule is Cc1ccccc1CSc1nnc(CCNC(=O)Cc2ccc3c(c2)OCO3)n1-c1ccc(F)cc1. The van der Waals surface area contributed by atoms with Crippen LogP contribution in [0.15, 0.2) is 71.9 Å². The quantitative estimate of drug-likeness (QED) is 0.335. The number of ether oxygens (including phenoxy) is 2. The third kappa shape index (κ3) is 5.52. The maximum atomic E-state index is 13.6. The fraction of sp³-hybridized carbons (Fsp3) is 0.222. The summed E-state index contributed by atoms with van der Waals surface area (Å²) < 4.78 is 26.2. The summed E-state index contributed by atoms with van der Waals surface area (Å²) in [5.74, 6) is 2.36. The highest BCUT2D eigenvalue weighted by molar-refractivity contribution is 7.98. The zero-order chi connectivity index (χ0) is 24.9. The van der Waals surface area contributed by atoms with Crippen LogP contribution in [-0.2, 0) is 23.4 Å². The number of aryl methyl sites for hydroxylation is 1. The summed E-state index contributed by atoms with van der Waals surface area (Å²) in [7, 11) is 0. The number of rotatable bonds is 9. The van der Waals surface area contributed by atoms with Gasteiger partial charge < -0.3 is 14.8 Å². The van der Waals surface area contributed by atoms with E-state index in [1.807, 2.05) is 34.9 Å². The lowest BCUT2D eigenvalue weighted by atomic mass is 10.1. The van der Waals surface area contributed by atoms with Crippen LogP contribution >= 0.6 is 11.8 Å². The number of halogens is 1. The number of fused-ring (bicyclic) bond motifs is 1. The molecule has 3 aromatic carbocycles. The van der Waals surface area contributed by atoms with Crippen molar-refractivity contribution in [1.29, 1.82) is 0 Å². The largest absolute Gasteiger partial charge is 0.454 e. The molecule has 0 atom stereocenters. The summed E-state index contributed by atoms with van der Waals surface area (Å²) in [5, 5.41) is 12.5. The van der Waals surface area contributed by atoms with Crippen molar-refractivity contribution in [3.05, 3.63) is 95.1 Å². The first-order chi connectivity index (χ1) is 17.6. The van der Waals surface area contributed by atoms with Crippen LogP contribution in [0.3, 0.4) is 0 Å². The van der Waals surface area contributed by atoms with Crippen molar-refractivity contribution in [2.75, 3.05) is 13.3 Å². The standard InChI is InChI=1S/C27H25FN4O3S/c1-18-4-2-3-5-20(18)16-36-27-31-30-25(32(27)22-9-7-21(28)8-10-22)12-13-29-26(33)15-19-6-11-23-24(14-19)35-17-34-23/h2-11,14H,12-13,15-17H2,1H3,(H,29,33). The molecule has 4 aromatic rings. The molecule has 1 aromatic heterocycles. The van der Waals surface area contributed by atoms with E-state index in [0.717, 1.165) is 17.0 Å². The average Bonchev–Trinajstić information content (AvgIpc) is 3.51. The van der Waals surface area contributed by atoms with Crippen LogP contribution in [0.25, 0.3) is 5.69 Å². The molecular weight excluding hydrogens is 479 g/mol. The zero-order valence-corrected chi connectivity index (χ0v) is 20.6. The predicted octanol–water partition coefficient (Wildman–Crippen LogP) is 4.64. The molecule has 1 aliphatic heterocycles. The van der Waals surface area contributed by atoms with Gasteiger partial charge >= 0.3 is 0 Å². The van der Waals surface area contributed by atoms with Gasteiger partial charge in [0.05, 0.1) is 6.42 Å². The van der Waals surface area contributed by atoms with E-state index in [9.17, 15) is 9.18 Å². The Kier molecular flexibility index (Phi) is 7.18. The molecule has 1 N–H and O–H groups in total. The van der Waals surface area contributed by atoms with Crippen LogP contribution in [0.5, 0.6) is 11.5 Å². The summed E-state index contributed by atoms with van der Waals surface area (Å²) in [6, 6.07) is 20.0. The van der Waals surface area contributed by atoms with E-state index in [2.05, 4.69) is 34.6 Å². The van der Waals surface area contributed by atoms with Gasteiger partial charge in [-0.2, -0.15) is 0 Å².